The van der Waals surface area contributed by atoms with Crippen molar-refractivity contribution in [1.29, 1.82) is 0 Å². The smallest absolute Gasteiger partial charge is 0.247 e. The van der Waals surface area contributed by atoms with Gasteiger partial charge in [0.15, 0.2) is 5.76 Å². The lowest BCUT2D eigenvalue weighted by Crippen LogP contribution is -2.47. The Labute approximate surface area is 209 Å². The zero-order chi connectivity index (χ0) is 25.5. The van der Waals surface area contributed by atoms with Gasteiger partial charge in [-0.05, 0) is 61.2 Å². The summed E-state index contributed by atoms with van der Waals surface area (Å²) in [6.07, 6.45) is 4.30. The lowest BCUT2D eigenvalue weighted by atomic mass is 10.0. The molecule has 1 saturated carbocycles. The van der Waals surface area contributed by atoms with E-state index in [0.717, 1.165) is 25.7 Å². The van der Waals surface area contributed by atoms with Crippen molar-refractivity contribution in [3.63, 3.8) is 0 Å². The van der Waals surface area contributed by atoms with E-state index in [9.17, 15) is 14.7 Å². The summed E-state index contributed by atoms with van der Waals surface area (Å²) < 4.78 is 10.8. The zero-order valence-corrected chi connectivity index (χ0v) is 20.6. The quantitative estimate of drug-likeness (QED) is 0.413. The van der Waals surface area contributed by atoms with Gasteiger partial charge in [-0.3, -0.25) is 9.59 Å². The van der Waals surface area contributed by atoms with Gasteiger partial charge in [0.05, 0.1) is 7.11 Å². The maximum absolute atomic E-state index is 13.5. The van der Waals surface area contributed by atoms with E-state index in [4.69, 9.17) is 9.15 Å². The van der Waals surface area contributed by atoms with Crippen LogP contribution in [-0.2, 0) is 16.1 Å². The molecule has 1 aliphatic carbocycles. The first-order valence-electron chi connectivity index (χ1n) is 12.2. The first kappa shape index (κ1) is 25.4. The Morgan fingerprint density at radius 3 is 2.61 bits per heavy atom. The Balaban J connectivity index is 1.59. The van der Waals surface area contributed by atoms with Crippen molar-refractivity contribution in [2.45, 2.75) is 57.7 Å². The number of aromatic nitrogens is 4. The van der Waals surface area contributed by atoms with E-state index >= 15 is 0 Å². The molecule has 3 aromatic rings. The molecule has 0 radical (unpaired) electrons. The van der Waals surface area contributed by atoms with Crippen LogP contribution in [0.1, 0.15) is 49.5 Å². The number of hydrogen-bond donors (Lipinski definition) is 2. The summed E-state index contributed by atoms with van der Waals surface area (Å²) in [4.78, 5) is 29.7. The van der Waals surface area contributed by atoms with Crippen LogP contribution >= 0.6 is 0 Å². The summed E-state index contributed by atoms with van der Waals surface area (Å²) in [5, 5.41) is 24.9. The molecule has 1 atom stereocenters. The number of aliphatic hydroxyl groups excluding tert-OH is 1. The number of tetrazole rings is 1. The number of methoxy groups -OCH3 is 1. The monoisotopic (exact) mass is 496 g/mol. The number of carbonyl (C=O) groups excluding carboxylic acids is 2. The number of aliphatic hydroxyl groups is 1. The minimum absolute atomic E-state index is 0.0873. The van der Waals surface area contributed by atoms with Gasteiger partial charge in [0.1, 0.15) is 24.1 Å². The highest BCUT2D eigenvalue weighted by Gasteiger charge is 2.33. The Kier molecular flexibility index (Phi) is 8.32. The molecular formula is C25H32N6O5. The number of amides is 2. The fourth-order valence-electron chi connectivity index (χ4n) is 4.42. The Hall–Kier alpha value is -3.73. The topological polar surface area (TPSA) is 136 Å². The molecule has 2 aromatic heterocycles. The molecule has 1 aliphatic rings. The normalized spacial score (nSPS) is 14.5. The van der Waals surface area contributed by atoms with Crippen LogP contribution in [0.3, 0.4) is 0 Å². The average Bonchev–Trinajstić information content (AvgIpc) is 3.64. The molecule has 11 nitrogen and oxygen atoms in total. The van der Waals surface area contributed by atoms with Gasteiger partial charge in [-0.2, -0.15) is 4.80 Å². The summed E-state index contributed by atoms with van der Waals surface area (Å²) in [5.74, 6) is 1.46. The first-order chi connectivity index (χ1) is 17.5. The van der Waals surface area contributed by atoms with Crippen LogP contribution in [-0.4, -0.2) is 68.3 Å². The number of furan rings is 1. The summed E-state index contributed by atoms with van der Waals surface area (Å²) in [5.41, 5.74) is 0.649. The lowest BCUT2D eigenvalue weighted by Gasteiger charge is -2.32. The lowest BCUT2D eigenvalue weighted by molar-refractivity contribution is -0.142. The molecule has 0 saturated heterocycles. The number of aryl methyl sites for hydroxylation is 1. The summed E-state index contributed by atoms with van der Waals surface area (Å²) >= 11 is 0. The van der Waals surface area contributed by atoms with Crippen LogP contribution < -0.4 is 10.1 Å². The predicted octanol–water partition coefficient (Wildman–Crippen LogP) is 2.26. The molecule has 0 spiro atoms. The van der Waals surface area contributed by atoms with Crippen LogP contribution in [0, 0.1) is 6.92 Å². The van der Waals surface area contributed by atoms with Crippen molar-refractivity contribution in [3.05, 3.63) is 47.7 Å². The van der Waals surface area contributed by atoms with E-state index in [2.05, 4.69) is 20.7 Å². The van der Waals surface area contributed by atoms with E-state index in [1.54, 1.807) is 43.5 Å². The van der Waals surface area contributed by atoms with Crippen LogP contribution in [0.4, 0.5) is 0 Å². The van der Waals surface area contributed by atoms with Crippen molar-refractivity contribution in [2.24, 2.45) is 0 Å². The van der Waals surface area contributed by atoms with Crippen LogP contribution in [0.15, 0.2) is 40.8 Å². The highest BCUT2D eigenvalue weighted by molar-refractivity contribution is 5.89. The Bertz CT molecular complexity index is 1150. The van der Waals surface area contributed by atoms with Crippen LogP contribution in [0.2, 0.25) is 0 Å². The molecule has 2 N–H and O–H groups in total. The van der Waals surface area contributed by atoms with Crippen LogP contribution in [0.5, 0.6) is 5.75 Å². The number of carbonyl (C=O) groups is 2. The molecule has 11 heteroatoms. The minimum atomic E-state index is -0.883. The van der Waals surface area contributed by atoms with Crippen molar-refractivity contribution >= 4 is 11.8 Å². The second-order valence-electron chi connectivity index (χ2n) is 8.88. The molecule has 0 aliphatic heterocycles. The van der Waals surface area contributed by atoms with Gasteiger partial charge in [-0.25, -0.2) is 0 Å². The highest BCUT2D eigenvalue weighted by Crippen LogP contribution is 2.26. The molecule has 0 unspecified atom stereocenters. The third-order valence-electron chi connectivity index (χ3n) is 6.26. The Morgan fingerprint density at radius 2 is 1.97 bits per heavy atom. The van der Waals surface area contributed by atoms with E-state index in [0.29, 0.717) is 29.3 Å². The maximum atomic E-state index is 13.5. The number of ether oxygens (including phenoxy) is 1. The predicted molar refractivity (Wildman–Crippen MR) is 130 cm³/mol. The Morgan fingerprint density at radius 1 is 1.22 bits per heavy atom. The molecule has 1 fully saturated rings. The van der Waals surface area contributed by atoms with E-state index in [1.807, 2.05) is 6.92 Å². The van der Waals surface area contributed by atoms with Gasteiger partial charge in [-0.15, -0.1) is 10.2 Å². The number of nitrogens with zero attached hydrogens (tertiary/aromatic N) is 5. The minimum Gasteiger partial charge on any atom is -0.497 e. The van der Waals surface area contributed by atoms with Crippen molar-refractivity contribution in [1.82, 2.24) is 30.4 Å². The maximum Gasteiger partial charge on any atom is 0.247 e. The third kappa shape index (κ3) is 6.09. The molecule has 2 amide bonds. The molecule has 36 heavy (non-hydrogen) atoms. The fraction of sp³-hybridized carbons (Fsp3) is 0.480. The highest BCUT2D eigenvalue weighted by atomic mass is 16.5. The second-order valence-corrected chi connectivity index (χ2v) is 8.88. The molecule has 4 rings (SSSR count). The molecule has 1 aromatic carbocycles. The zero-order valence-electron chi connectivity index (χ0n) is 20.6. The van der Waals surface area contributed by atoms with Crippen molar-refractivity contribution in [2.75, 3.05) is 20.3 Å². The number of rotatable bonds is 11. The average molecular weight is 497 g/mol. The SMILES string of the molecule is COc1ccc([C@@H](C(=O)NC2CCCC2)N(CCCO)C(=O)Cn2nnc(-c3ccc(C)o3)n2)cc1. The van der Waals surface area contributed by atoms with E-state index in [-0.39, 0.29) is 43.4 Å². The molecule has 0 bridgehead atoms. The van der Waals surface area contributed by atoms with Gasteiger partial charge in [0.25, 0.3) is 0 Å². The van der Waals surface area contributed by atoms with Crippen molar-refractivity contribution in [3.8, 4) is 17.3 Å². The number of benzene rings is 1. The van der Waals surface area contributed by atoms with E-state index < -0.39 is 6.04 Å². The van der Waals surface area contributed by atoms with Gasteiger partial charge in [0, 0.05) is 19.2 Å². The number of nitrogens with one attached hydrogen (secondary N) is 1. The van der Waals surface area contributed by atoms with Gasteiger partial charge < -0.3 is 24.5 Å². The molecular weight excluding hydrogens is 464 g/mol. The molecule has 2 heterocycles. The first-order valence-corrected chi connectivity index (χ1v) is 12.2. The second kappa shape index (κ2) is 11.8. The van der Waals surface area contributed by atoms with E-state index in [1.165, 1.54) is 9.70 Å². The third-order valence-corrected chi connectivity index (χ3v) is 6.26. The van der Waals surface area contributed by atoms with Crippen molar-refractivity contribution < 1.29 is 23.8 Å². The summed E-state index contributed by atoms with van der Waals surface area (Å²) in [6.45, 7) is 1.66. The fourth-order valence-corrected chi connectivity index (χ4v) is 4.42. The molecule has 192 valence electrons. The van der Waals surface area contributed by atoms with Gasteiger partial charge >= 0.3 is 0 Å². The largest absolute Gasteiger partial charge is 0.497 e. The van der Waals surface area contributed by atoms with Crippen LogP contribution in [0.25, 0.3) is 11.6 Å². The van der Waals surface area contributed by atoms with Gasteiger partial charge in [-0.1, -0.05) is 25.0 Å². The summed E-state index contributed by atoms with van der Waals surface area (Å²) in [6, 6.07) is 9.81. The van der Waals surface area contributed by atoms with Gasteiger partial charge in [0.2, 0.25) is 17.6 Å². The summed E-state index contributed by atoms with van der Waals surface area (Å²) in [7, 11) is 1.57. The standard InChI is InChI=1S/C25H32N6O5/c1-17-8-13-21(36-17)24-27-29-31(28-24)16-22(33)30(14-5-15-32)23(18-9-11-20(35-2)12-10-18)25(34)26-19-6-3-4-7-19/h8-13,19,23,32H,3-7,14-16H2,1-2H3,(H,26,34)/t23-/m0/s1. The number of hydrogen-bond acceptors (Lipinski definition) is 8.